The predicted octanol–water partition coefficient (Wildman–Crippen LogP) is 1.93. The number of carbonyl (C=O) groups is 1. The van der Waals surface area contributed by atoms with Gasteiger partial charge in [0.25, 0.3) is 0 Å². The lowest BCUT2D eigenvalue weighted by Gasteiger charge is -2.40. The van der Waals surface area contributed by atoms with Gasteiger partial charge in [-0.25, -0.2) is 0 Å². The van der Waals surface area contributed by atoms with Gasteiger partial charge in [-0.2, -0.15) is 0 Å². The third-order valence-electron chi connectivity index (χ3n) is 5.73. The second kappa shape index (κ2) is 8.77. The normalized spacial score (nSPS) is 22.6. The standard InChI is InChI=1S/C20H32N4O/c1-16(15-18-5-3-4-10-21-18)22-20(25)17-6-13-24(14-7-17)19-8-11-23(2)12-9-19/h3-5,10,16-17,19H,6-9,11-15H2,1-2H3,(H,22,25)/t16-/m1/s1. The zero-order valence-electron chi connectivity index (χ0n) is 15.7. The van der Waals surface area contributed by atoms with Gasteiger partial charge in [0.05, 0.1) is 0 Å². The molecule has 1 atom stereocenters. The second-order valence-corrected chi connectivity index (χ2v) is 7.78. The molecule has 25 heavy (non-hydrogen) atoms. The molecule has 1 aromatic heterocycles. The van der Waals surface area contributed by atoms with Crippen molar-refractivity contribution in [2.45, 2.75) is 51.1 Å². The summed E-state index contributed by atoms with van der Waals surface area (Å²) in [6.07, 6.45) is 7.13. The van der Waals surface area contributed by atoms with E-state index in [-0.39, 0.29) is 17.9 Å². The number of likely N-dealkylation sites (tertiary alicyclic amines) is 2. The first-order chi connectivity index (χ1) is 12.1. The molecule has 1 N–H and O–H groups in total. The highest BCUT2D eigenvalue weighted by Crippen LogP contribution is 2.23. The number of rotatable bonds is 5. The third kappa shape index (κ3) is 5.25. The molecule has 0 unspecified atom stereocenters. The molecule has 0 radical (unpaired) electrons. The number of nitrogens with zero attached hydrogens (tertiary/aromatic N) is 3. The Bertz CT molecular complexity index is 534. The Kier molecular flexibility index (Phi) is 6.43. The maximum Gasteiger partial charge on any atom is 0.223 e. The Labute approximate surface area is 151 Å². The molecule has 3 rings (SSSR count). The molecule has 1 amide bonds. The largest absolute Gasteiger partial charge is 0.353 e. The van der Waals surface area contributed by atoms with E-state index < -0.39 is 0 Å². The maximum atomic E-state index is 12.6. The molecule has 0 spiro atoms. The van der Waals surface area contributed by atoms with Gasteiger partial charge in [-0.05, 0) is 78.0 Å². The van der Waals surface area contributed by atoms with Gasteiger partial charge in [-0.1, -0.05) is 6.07 Å². The number of piperidine rings is 2. The highest BCUT2D eigenvalue weighted by atomic mass is 16.1. The minimum absolute atomic E-state index is 0.134. The molecule has 5 heteroatoms. The fourth-order valence-electron chi connectivity index (χ4n) is 4.13. The van der Waals surface area contributed by atoms with Crippen molar-refractivity contribution in [3.05, 3.63) is 30.1 Å². The zero-order valence-corrected chi connectivity index (χ0v) is 15.7. The molecule has 0 aromatic carbocycles. The molecule has 1 aromatic rings. The van der Waals surface area contributed by atoms with Crippen LogP contribution in [-0.4, -0.2) is 66.0 Å². The molecule has 0 bridgehead atoms. The lowest BCUT2D eigenvalue weighted by Crippen LogP contribution is -2.49. The minimum Gasteiger partial charge on any atom is -0.353 e. The third-order valence-corrected chi connectivity index (χ3v) is 5.73. The Morgan fingerprint density at radius 2 is 1.92 bits per heavy atom. The molecular formula is C20H32N4O. The highest BCUT2D eigenvalue weighted by Gasteiger charge is 2.30. The minimum atomic E-state index is 0.134. The molecular weight excluding hydrogens is 312 g/mol. The molecule has 0 aliphatic carbocycles. The van der Waals surface area contributed by atoms with Gasteiger partial charge in [0.15, 0.2) is 0 Å². The number of hydrogen-bond acceptors (Lipinski definition) is 4. The van der Waals surface area contributed by atoms with Gasteiger partial charge in [-0.3, -0.25) is 9.78 Å². The highest BCUT2D eigenvalue weighted by molar-refractivity contribution is 5.79. The van der Waals surface area contributed by atoms with Crippen molar-refractivity contribution >= 4 is 5.91 Å². The zero-order chi connectivity index (χ0) is 17.6. The molecule has 2 saturated heterocycles. The van der Waals surface area contributed by atoms with Gasteiger partial charge in [0, 0.05) is 36.3 Å². The summed E-state index contributed by atoms with van der Waals surface area (Å²) in [7, 11) is 2.21. The number of carbonyl (C=O) groups excluding carboxylic acids is 1. The second-order valence-electron chi connectivity index (χ2n) is 7.78. The van der Waals surface area contributed by atoms with Crippen LogP contribution >= 0.6 is 0 Å². The van der Waals surface area contributed by atoms with Crippen LogP contribution in [0.4, 0.5) is 0 Å². The van der Waals surface area contributed by atoms with Crippen molar-refractivity contribution < 1.29 is 4.79 Å². The van der Waals surface area contributed by atoms with E-state index in [1.165, 1.54) is 25.9 Å². The SMILES string of the molecule is C[C@H](Cc1ccccn1)NC(=O)C1CCN(C2CCN(C)CC2)CC1. The first-order valence-corrected chi connectivity index (χ1v) is 9.74. The molecule has 2 fully saturated rings. The predicted molar refractivity (Wildman–Crippen MR) is 100 cm³/mol. The Morgan fingerprint density at radius 3 is 2.56 bits per heavy atom. The number of pyridine rings is 1. The Balaban J connectivity index is 1.40. The Hall–Kier alpha value is -1.46. The van der Waals surface area contributed by atoms with Gasteiger partial charge < -0.3 is 15.1 Å². The van der Waals surface area contributed by atoms with Crippen LogP contribution in [-0.2, 0) is 11.2 Å². The van der Waals surface area contributed by atoms with Gasteiger partial charge in [0.1, 0.15) is 0 Å². The summed E-state index contributed by atoms with van der Waals surface area (Å²) in [5.74, 6) is 0.403. The molecule has 5 nitrogen and oxygen atoms in total. The molecule has 2 aliphatic rings. The molecule has 138 valence electrons. The van der Waals surface area contributed by atoms with E-state index in [1.807, 2.05) is 24.4 Å². The first kappa shape index (κ1) is 18.3. The lowest BCUT2D eigenvalue weighted by atomic mass is 9.92. The summed E-state index contributed by atoms with van der Waals surface area (Å²) >= 11 is 0. The van der Waals surface area contributed by atoms with Gasteiger partial charge in [0.2, 0.25) is 5.91 Å². The van der Waals surface area contributed by atoms with Crippen LogP contribution in [0.3, 0.4) is 0 Å². The van der Waals surface area contributed by atoms with E-state index >= 15 is 0 Å². The van der Waals surface area contributed by atoms with Crippen molar-refractivity contribution in [2.75, 3.05) is 33.2 Å². The first-order valence-electron chi connectivity index (χ1n) is 9.74. The van der Waals surface area contributed by atoms with Crippen LogP contribution in [0.15, 0.2) is 24.4 Å². The van der Waals surface area contributed by atoms with Gasteiger partial charge in [-0.15, -0.1) is 0 Å². The fourth-order valence-corrected chi connectivity index (χ4v) is 4.13. The summed E-state index contributed by atoms with van der Waals surface area (Å²) in [5, 5.41) is 3.19. The Morgan fingerprint density at radius 1 is 1.20 bits per heavy atom. The van der Waals surface area contributed by atoms with Crippen molar-refractivity contribution in [3.63, 3.8) is 0 Å². The van der Waals surface area contributed by atoms with Crippen LogP contribution in [0.1, 0.15) is 38.3 Å². The van der Waals surface area contributed by atoms with E-state index in [0.717, 1.165) is 44.1 Å². The fraction of sp³-hybridized carbons (Fsp3) is 0.700. The number of nitrogens with one attached hydrogen (secondary N) is 1. The number of amides is 1. The van der Waals surface area contributed by atoms with E-state index in [9.17, 15) is 4.79 Å². The van der Waals surface area contributed by atoms with Crippen LogP contribution < -0.4 is 5.32 Å². The molecule has 2 aliphatic heterocycles. The van der Waals surface area contributed by atoms with Crippen molar-refractivity contribution in [1.82, 2.24) is 20.1 Å². The van der Waals surface area contributed by atoms with E-state index in [1.54, 1.807) is 0 Å². The summed E-state index contributed by atoms with van der Waals surface area (Å²) in [6, 6.07) is 6.79. The number of aromatic nitrogens is 1. The summed E-state index contributed by atoms with van der Waals surface area (Å²) in [4.78, 5) is 21.9. The summed E-state index contributed by atoms with van der Waals surface area (Å²) < 4.78 is 0. The van der Waals surface area contributed by atoms with Crippen LogP contribution in [0.25, 0.3) is 0 Å². The smallest absolute Gasteiger partial charge is 0.223 e. The average molecular weight is 345 g/mol. The maximum absolute atomic E-state index is 12.6. The van der Waals surface area contributed by atoms with Crippen LogP contribution in [0.5, 0.6) is 0 Å². The summed E-state index contributed by atoms with van der Waals surface area (Å²) in [6.45, 7) is 6.62. The van der Waals surface area contributed by atoms with E-state index in [2.05, 4.69) is 34.1 Å². The van der Waals surface area contributed by atoms with Gasteiger partial charge >= 0.3 is 0 Å². The molecule has 0 saturated carbocycles. The van der Waals surface area contributed by atoms with Crippen LogP contribution in [0, 0.1) is 5.92 Å². The molecule has 3 heterocycles. The average Bonchev–Trinajstić information content (AvgIpc) is 2.63. The van der Waals surface area contributed by atoms with Crippen molar-refractivity contribution in [1.29, 1.82) is 0 Å². The monoisotopic (exact) mass is 344 g/mol. The quantitative estimate of drug-likeness (QED) is 0.887. The van der Waals surface area contributed by atoms with Crippen molar-refractivity contribution in [3.8, 4) is 0 Å². The number of hydrogen-bond donors (Lipinski definition) is 1. The van der Waals surface area contributed by atoms with Crippen molar-refractivity contribution in [2.24, 2.45) is 5.92 Å². The lowest BCUT2D eigenvalue weighted by molar-refractivity contribution is -0.127. The van der Waals surface area contributed by atoms with E-state index in [0.29, 0.717) is 0 Å². The topological polar surface area (TPSA) is 48.5 Å². The van der Waals surface area contributed by atoms with E-state index in [4.69, 9.17) is 0 Å². The van der Waals surface area contributed by atoms with Crippen LogP contribution in [0.2, 0.25) is 0 Å². The summed E-state index contributed by atoms with van der Waals surface area (Å²) in [5.41, 5.74) is 1.03.